The van der Waals surface area contributed by atoms with Gasteiger partial charge in [0.2, 0.25) is 5.88 Å². The third-order valence-corrected chi connectivity index (χ3v) is 5.43. The number of carbonyl (C=O) groups is 2. The molecule has 2 aromatic heterocycles. The molecule has 4 heterocycles. The molecule has 2 saturated heterocycles. The van der Waals surface area contributed by atoms with Gasteiger partial charge in [-0.3, -0.25) is 9.78 Å². The van der Waals surface area contributed by atoms with Gasteiger partial charge in [-0.05, 0) is 31.2 Å². The molecule has 0 spiro atoms. The number of carboxylic acid groups (broad SMARTS) is 1. The van der Waals surface area contributed by atoms with Crippen molar-refractivity contribution in [3.8, 4) is 5.88 Å². The van der Waals surface area contributed by atoms with Crippen LogP contribution in [0, 0.1) is 24.1 Å². The second-order valence-corrected chi connectivity index (χ2v) is 7.83. The quantitative estimate of drug-likeness (QED) is 0.685. The number of aryl methyl sites for hydroxylation is 1. The smallest absolute Gasteiger partial charge is 0.475 e. The predicted molar refractivity (Wildman–Crippen MR) is 105 cm³/mol. The second-order valence-electron chi connectivity index (χ2n) is 7.83. The van der Waals surface area contributed by atoms with E-state index in [9.17, 15) is 22.4 Å². The number of alkyl halides is 3. The summed E-state index contributed by atoms with van der Waals surface area (Å²) in [6.07, 6.45) is -1.98. The van der Waals surface area contributed by atoms with Crippen LogP contribution in [0.15, 0.2) is 36.7 Å². The number of aromatic nitrogens is 2. The monoisotopic (exact) mass is 471 g/mol. The molecule has 2 fully saturated rings. The predicted octanol–water partition coefficient (Wildman–Crippen LogP) is 2.73. The zero-order valence-electron chi connectivity index (χ0n) is 17.5. The molecule has 2 aromatic rings. The van der Waals surface area contributed by atoms with Crippen LogP contribution in [-0.4, -0.2) is 70.9 Å². The molecule has 12 heteroatoms. The molecule has 1 N–H and O–H groups in total. The number of hydrogen-bond donors (Lipinski definition) is 1. The number of ether oxygens (including phenoxy) is 2. The SMILES string of the molecule is Cc1ccc(C(=O)N2C[C@@H]3COC[C@]3(COc3ncccc3F)C2)cn1.O=C(O)C(F)(F)F. The normalized spacial score (nSPS) is 21.7. The minimum absolute atomic E-state index is 0.0139. The van der Waals surface area contributed by atoms with E-state index in [1.54, 1.807) is 12.3 Å². The number of nitrogens with zero attached hydrogens (tertiary/aromatic N) is 3. The molecule has 0 aromatic carbocycles. The number of rotatable bonds is 4. The Morgan fingerprint density at radius 3 is 2.64 bits per heavy atom. The fourth-order valence-electron chi connectivity index (χ4n) is 3.66. The molecular formula is C21H21F4N3O5. The molecule has 178 valence electrons. The largest absolute Gasteiger partial charge is 0.490 e. The molecule has 8 nitrogen and oxygen atoms in total. The molecule has 4 rings (SSSR count). The number of likely N-dealkylation sites (tertiary alicyclic amines) is 1. The van der Waals surface area contributed by atoms with Gasteiger partial charge in [0.05, 0.1) is 30.8 Å². The zero-order chi connectivity index (χ0) is 24.2. The Morgan fingerprint density at radius 1 is 1.30 bits per heavy atom. The van der Waals surface area contributed by atoms with Crippen LogP contribution in [-0.2, 0) is 9.53 Å². The fraction of sp³-hybridized carbons (Fsp3) is 0.429. The van der Waals surface area contributed by atoms with E-state index in [-0.39, 0.29) is 29.7 Å². The average molecular weight is 471 g/mol. The number of aliphatic carboxylic acids is 1. The highest BCUT2D eigenvalue weighted by Gasteiger charge is 2.52. The number of pyridine rings is 2. The molecule has 1 amide bonds. The Labute approximate surface area is 186 Å². The maximum absolute atomic E-state index is 13.8. The van der Waals surface area contributed by atoms with Crippen molar-refractivity contribution >= 4 is 11.9 Å². The van der Waals surface area contributed by atoms with Crippen molar-refractivity contribution in [2.45, 2.75) is 13.1 Å². The summed E-state index contributed by atoms with van der Waals surface area (Å²) in [7, 11) is 0. The van der Waals surface area contributed by atoms with Gasteiger partial charge in [0.1, 0.15) is 0 Å². The van der Waals surface area contributed by atoms with Crippen molar-refractivity contribution in [2.24, 2.45) is 11.3 Å². The van der Waals surface area contributed by atoms with Gasteiger partial charge in [0.15, 0.2) is 5.82 Å². The number of carboxylic acids is 1. The van der Waals surface area contributed by atoms with Crippen LogP contribution in [0.1, 0.15) is 16.1 Å². The van der Waals surface area contributed by atoms with Gasteiger partial charge in [-0.2, -0.15) is 13.2 Å². The number of fused-ring (bicyclic) bond motifs is 1. The molecule has 2 aliphatic heterocycles. The summed E-state index contributed by atoms with van der Waals surface area (Å²) in [5, 5.41) is 7.12. The molecule has 0 bridgehead atoms. The van der Waals surface area contributed by atoms with Crippen LogP contribution in [0.2, 0.25) is 0 Å². The van der Waals surface area contributed by atoms with E-state index in [0.29, 0.717) is 31.9 Å². The number of amides is 1. The Bertz CT molecular complexity index is 1000. The van der Waals surface area contributed by atoms with Crippen LogP contribution < -0.4 is 4.74 Å². The fourth-order valence-corrected chi connectivity index (χ4v) is 3.66. The van der Waals surface area contributed by atoms with Crippen LogP contribution in [0.5, 0.6) is 5.88 Å². The minimum Gasteiger partial charge on any atom is -0.475 e. The van der Waals surface area contributed by atoms with Crippen molar-refractivity contribution in [3.63, 3.8) is 0 Å². The third-order valence-electron chi connectivity index (χ3n) is 5.43. The molecule has 0 radical (unpaired) electrons. The molecule has 2 atom stereocenters. The highest BCUT2D eigenvalue weighted by atomic mass is 19.4. The Morgan fingerprint density at radius 2 is 2.03 bits per heavy atom. The van der Waals surface area contributed by atoms with Gasteiger partial charge in [-0.15, -0.1) is 0 Å². The highest BCUT2D eigenvalue weighted by molar-refractivity contribution is 5.94. The van der Waals surface area contributed by atoms with Crippen LogP contribution in [0.3, 0.4) is 0 Å². The number of halogens is 4. The van der Waals surface area contributed by atoms with E-state index >= 15 is 0 Å². The molecular weight excluding hydrogens is 450 g/mol. The Balaban J connectivity index is 0.000000383. The number of hydrogen-bond acceptors (Lipinski definition) is 6. The standard InChI is InChI=1S/C19H20FN3O3.C2HF3O2/c1-13-4-5-14(7-22-13)18(24)23-8-15-9-25-11-19(15,10-23)12-26-17-16(20)3-2-6-21-17;3-2(4,5)1(6)7/h2-7,15H,8-12H2,1H3;(H,6,7)/t15-,19+;/m1./s1. The van der Waals surface area contributed by atoms with E-state index in [1.165, 1.54) is 18.3 Å². The second kappa shape index (κ2) is 9.69. The first-order valence-corrected chi connectivity index (χ1v) is 9.85. The van der Waals surface area contributed by atoms with Gasteiger partial charge in [0, 0.05) is 37.1 Å². The maximum atomic E-state index is 13.8. The molecule has 0 saturated carbocycles. The minimum atomic E-state index is -5.08. The van der Waals surface area contributed by atoms with Crippen molar-refractivity contribution in [1.29, 1.82) is 0 Å². The van der Waals surface area contributed by atoms with Gasteiger partial charge < -0.3 is 19.5 Å². The first kappa shape index (κ1) is 24.4. The third kappa shape index (κ3) is 5.75. The summed E-state index contributed by atoms with van der Waals surface area (Å²) < 4.78 is 56.8. The first-order chi connectivity index (χ1) is 15.5. The summed E-state index contributed by atoms with van der Waals surface area (Å²) >= 11 is 0. The molecule has 33 heavy (non-hydrogen) atoms. The van der Waals surface area contributed by atoms with E-state index in [0.717, 1.165) is 5.69 Å². The van der Waals surface area contributed by atoms with E-state index < -0.39 is 18.0 Å². The van der Waals surface area contributed by atoms with Gasteiger partial charge in [-0.1, -0.05) is 0 Å². The summed E-state index contributed by atoms with van der Waals surface area (Å²) in [4.78, 5) is 31.6. The topological polar surface area (TPSA) is 102 Å². The summed E-state index contributed by atoms with van der Waals surface area (Å²) in [5.74, 6) is -3.14. The summed E-state index contributed by atoms with van der Waals surface area (Å²) in [5.41, 5.74) is 1.11. The zero-order valence-corrected chi connectivity index (χ0v) is 17.5. The van der Waals surface area contributed by atoms with Crippen molar-refractivity contribution in [3.05, 3.63) is 53.7 Å². The van der Waals surface area contributed by atoms with E-state index in [4.69, 9.17) is 19.4 Å². The lowest BCUT2D eigenvalue weighted by atomic mass is 9.82. The van der Waals surface area contributed by atoms with Crippen molar-refractivity contribution < 1.29 is 41.7 Å². The lowest BCUT2D eigenvalue weighted by Gasteiger charge is -2.26. The average Bonchev–Trinajstić information content (AvgIpc) is 3.30. The van der Waals surface area contributed by atoms with Crippen LogP contribution in [0.4, 0.5) is 17.6 Å². The highest BCUT2D eigenvalue weighted by Crippen LogP contribution is 2.42. The van der Waals surface area contributed by atoms with E-state index in [2.05, 4.69) is 9.97 Å². The van der Waals surface area contributed by atoms with Crippen LogP contribution >= 0.6 is 0 Å². The summed E-state index contributed by atoms with van der Waals surface area (Å²) in [6.45, 7) is 4.32. The summed E-state index contributed by atoms with van der Waals surface area (Å²) in [6, 6.07) is 6.46. The van der Waals surface area contributed by atoms with E-state index in [1.807, 2.05) is 17.9 Å². The van der Waals surface area contributed by atoms with Gasteiger partial charge in [0.25, 0.3) is 5.91 Å². The van der Waals surface area contributed by atoms with Crippen LogP contribution in [0.25, 0.3) is 0 Å². The molecule has 2 aliphatic rings. The van der Waals surface area contributed by atoms with Crippen molar-refractivity contribution in [1.82, 2.24) is 14.9 Å². The van der Waals surface area contributed by atoms with Gasteiger partial charge in [-0.25, -0.2) is 14.2 Å². The van der Waals surface area contributed by atoms with Crippen molar-refractivity contribution in [2.75, 3.05) is 32.9 Å². The molecule has 0 aliphatic carbocycles. The Hall–Kier alpha value is -3.28. The lowest BCUT2D eigenvalue weighted by Crippen LogP contribution is -2.38. The molecule has 0 unspecified atom stereocenters. The maximum Gasteiger partial charge on any atom is 0.490 e. The van der Waals surface area contributed by atoms with Gasteiger partial charge >= 0.3 is 12.1 Å². The Kier molecular flexibility index (Phi) is 7.15. The first-order valence-electron chi connectivity index (χ1n) is 9.85. The lowest BCUT2D eigenvalue weighted by molar-refractivity contribution is -0.192. The number of carbonyl (C=O) groups excluding carboxylic acids is 1.